The van der Waals surface area contributed by atoms with E-state index in [1.54, 1.807) is 23.0 Å². The monoisotopic (exact) mass is 295 g/mol. The fourth-order valence-corrected chi connectivity index (χ4v) is 2.02. The summed E-state index contributed by atoms with van der Waals surface area (Å²) < 4.78 is 15.4. The van der Waals surface area contributed by atoms with E-state index in [1.807, 2.05) is 6.20 Å². The average Bonchev–Trinajstić information content (AvgIpc) is 2.79. The average molecular weight is 296 g/mol. The van der Waals surface area contributed by atoms with Crippen LogP contribution in [0, 0.1) is 5.82 Å². The first kappa shape index (κ1) is 15.0. The Hall–Kier alpha value is -1.39. The molecule has 0 radical (unpaired) electrons. The Balaban J connectivity index is 2.06. The summed E-state index contributed by atoms with van der Waals surface area (Å²) in [6.07, 6.45) is 3.69. The van der Waals surface area contributed by atoms with Crippen molar-refractivity contribution in [2.45, 2.75) is 39.4 Å². The van der Waals surface area contributed by atoms with Crippen LogP contribution in [-0.2, 0) is 13.1 Å². The molecule has 0 atom stereocenters. The van der Waals surface area contributed by atoms with Crippen molar-refractivity contribution in [2.24, 2.45) is 0 Å². The highest BCUT2D eigenvalue weighted by molar-refractivity contribution is 6.31. The minimum absolute atomic E-state index is 0.0525. The number of benzene rings is 1. The van der Waals surface area contributed by atoms with Crippen molar-refractivity contribution in [3.05, 3.63) is 52.6 Å². The number of halogens is 2. The van der Waals surface area contributed by atoms with Crippen LogP contribution in [0.4, 0.5) is 4.39 Å². The second kappa shape index (κ2) is 5.94. The molecule has 3 nitrogen and oxygen atoms in total. The van der Waals surface area contributed by atoms with Crippen molar-refractivity contribution >= 4 is 11.6 Å². The molecule has 1 aromatic heterocycles. The van der Waals surface area contributed by atoms with E-state index in [0.29, 0.717) is 17.1 Å². The summed E-state index contributed by atoms with van der Waals surface area (Å²) in [7, 11) is 0. The molecule has 5 heteroatoms. The Morgan fingerprint density at radius 3 is 2.75 bits per heavy atom. The molecule has 2 rings (SSSR count). The summed E-state index contributed by atoms with van der Waals surface area (Å²) >= 11 is 6.01. The molecule has 1 N–H and O–H groups in total. The van der Waals surface area contributed by atoms with Crippen LogP contribution < -0.4 is 5.32 Å². The standard InChI is InChI=1S/C15H19ClFN3/c1-15(2,3)18-7-11-8-19-20(9-11)10-12-13(16)5-4-6-14(12)17/h4-6,8-9,18H,7,10H2,1-3H3. The molecular formula is C15H19ClFN3. The van der Waals surface area contributed by atoms with Crippen LogP contribution in [0.15, 0.2) is 30.6 Å². The maximum Gasteiger partial charge on any atom is 0.129 e. The molecule has 0 amide bonds. The van der Waals surface area contributed by atoms with E-state index in [0.717, 1.165) is 12.1 Å². The number of hydrogen-bond acceptors (Lipinski definition) is 2. The molecule has 2 aromatic rings. The van der Waals surface area contributed by atoms with Crippen molar-refractivity contribution in [1.29, 1.82) is 0 Å². The smallest absolute Gasteiger partial charge is 0.129 e. The molecule has 108 valence electrons. The second-order valence-electron chi connectivity index (χ2n) is 5.85. The normalized spacial score (nSPS) is 11.8. The van der Waals surface area contributed by atoms with Crippen LogP contribution in [0.1, 0.15) is 31.9 Å². The number of nitrogens with one attached hydrogen (secondary N) is 1. The Bertz CT molecular complexity index is 567. The predicted octanol–water partition coefficient (Wildman–Crippen LogP) is 3.61. The molecule has 0 saturated heterocycles. The van der Waals surface area contributed by atoms with Gasteiger partial charge >= 0.3 is 0 Å². The molecule has 0 spiro atoms. The van der Waals surface area contributed by atoms with Gasteiger partial charge in [0.25, 0.3) is 0 Å². The van der Waals surface area contributed by atoms with Gasteiger partial charge in [-0.25, -0.2) is 4.39 Å². The molecule has 0 saturated carbocycles. The maximum absolute atomic E-state index is 13.7. The van der Waals surface area contributed by atoms with Crippen LogP contribution in [0.3, 0.4) is 0 Å². The largest absolute Gasteiger partial charge is 0.308 e. The lowest BCUT2D eigenvalue weighted by atomic mass is 10.1. The van der Waals surface area contributed by atoms with Gasteiger partial charge in [0.1, 0.15) is 5.82 Å². The summed E-state index contributed by atoms with van der Waals surface area (Å²) in [5.41, 5.74) is 1.58. The summed E-state index contributed by atoms with van der Waals surface area (Å²) in [6.45, 7) is 7.39. The van der Waals surface area contributed by atoms with Crippen molar-refractivity contribution in [3.63, 3.8) is 0 Å². The molecular weight excluding hydrogens is 277 g/mol. The van der Waals surface area contributed by atoms with E-state index >= 15 is 0 Å². The van der Waals surface area contributed by atoms with Gasteiger partial charge in [0, 0.05) is 34.4 Å². The van der Waals surface area contributed by atoms with Gasteiger partial charge < -0.3 is 5.32 Å². The van der Waals surface area contributed by atoms with E-state index in [9.17, 15) is 4.39 Å². The van der Waals surface area contributed by atoms with E-state index in [-0.39, 0.29) is 11.4 Å². The molecule has 0 aliphatic rings. The number of nitrogens with zero attached hydrogens (tertiary/aromatic N) is 2. The SMILES string of the molecule is CC(C)(C)NCc1cnn(Cc2c(F)cccc2Cl)c1. The summed E-state index contributed by atoms with van der Waals surface area (Å²) in [5.74, 6) is -0.303. The highest BCUT2D eigenvalue weighted by atomic mass is 35.5. The summed E-state index contributed by atoms with van der Waals surface area (Å²) in [4.78, 5) is 0. The zero-order valence-electron chi connectivity index (χ0n) is 12.0. The minimum Gasteiger partial charge on any atom is -0.308 e. The lowest BCUT2D eigenvalue weighted by Crippen LogP contribution is -2.34. The van der Waals surface area contributed by atoms with Crippen LogP contribution >= 0.6 is 11.6 Å². The van der Waals surface area contributed by atoms with Gasteiger partial charge in [0.2, 0.25) is 0 Å². The van der Waals surface area contributed by atoms with E-state index in [2.05, 4.69) is 31.2 Å². The Kier molecular flexibility index (Phi) is 4.45. The summed E-state index contributed by atoms with van der Waals surface area (Å²) in [6, 6.07) is 4.70. The third kappa shape index (κ3) is 4.05. The molecule has 0 aliphatic heterocycles. The van der Waals surface area contributed by atoms with Gasteiger partial charge in [-0.1, -0.05) is 17.7 Å². The fourth-order valence-electron chi connectivity index (χ4n) is 1.80. The van der Waals surface area contributed by atoms with Crippen molar-refractivity contribution in [3.8, 4) is 0 Å². The first-order valence-electron chi connectivity index (χ1n) is 6.54. The molecule has 20 heavy (non-hydrogen) atoms. The third-order valence-electron chi connectivity index (χ3n) is 2.89. The van der Waals surface area contributed by atoms with Gasteiger partial charge in [-0.05, 0) is 32.9 Å². The van der Waals surface area contributed by atoms with E-state index in [4.69, 9.17) is 11.6 Å². The van der Waals surface area contributed by atoms with Crippen LogP contribution in [-0.4, -0.2) is 15.3 Å². The Morgan fingerprint density at radius 1 is 1.35 bits per heavy atom. The second-order valence-corrected chi connectivity index (χ2v) is 6.26. The molecule has 0 fully saturated rings. The third-order valence-corrected chi connectivity index (χ3v) is 3.25. The maximum atomic E-state index is 13.7. The van der Waals surface area contributed by atoms with Crippen molar-refractivity contribution in [1.82, 2.24) is 15.1 Å². The van der Waals surface area contributed by atoms with Gasteiger partial charge in [0.15, 0.2) is 0 Å². The topological polar surface area (TPSA) is 29.9 Å². The van der Waals surface area contributed by atoms with Crippen LogP contribution in [0.25, 0.3) is 0 Å². The van der Waals surface area contributed by atoms with Crippen LogP contribution in [0.2, 0.25) is 5.02 Å². The molecule has 0 aliphatic carbocycles. The van der Waals surface area contributed by atoms with Gasteiger partial charge in [0.05, 0.1) is 12.7 Å². The number of aromatic nitrogens is 2. The zero-order chi connectivity index (χ0) is 14.8. The van der Waals surface area contributed by atoms with Gasteiger partial charge in [-0.15, -0.1) is 0 Å². The van der Waals surface area contributed by atoms with Gasteiger partial charge in [-0.2, -0.15) is 5.10 Å². The van der Waals surface area contributed by atoms with Crippen molar-refractivity contribution < 1.29 is 4.39 Å². The Morgan fingerprint density at radius 2 is 2.10 bits per heavy atom. The quantitative estimate of drug-likeness (QED) is 0.934. The highest BCUT2D eigenvalue weighted by Gasteiger charge is 2.11. The highest BCUT2D eigenvalue weighted by Crippen LogP contribution is 2.20. The Labute approximate surface area is 123 Å². The first-order chi connectivity index (χ1) is 9.35. The number of hydrogen-bond donors (Lipinski definition) is 1. The first-order valence-corrected chi connectivity index (χ1v) is 6.92. The van der Waals surface area contributed by atoms with Gasteiger partial charge in [-0.3, -0.25) is 4.68 Å². The zero-order valence-corrected chi connectivity index (χ0v) is 12.7. The van der Waals surface area contributed by atoms with E-state index < -0.39 is 0 Å². The number of rotatable bonds is 4. The van der Waals surface area contributed by atoms with E-state index in [1.165, 1.54) is 6.07 Å². The fraction of sp³-hybridized carbons (Fsp3) is 0.400. The molecule has 0 bridgehead atoms. The predicted molar refractivity (Wildman–Crippen MR) is 79.3 cm³/mol. The molecule has 0 unspecified atom stereocenters. The minimum atomic E-state index is -0.303. The summed E-state index contributed by atoms with van der Waals surface area (Å²) in [5, 5.41) is 8.06. The molecule has 1 heterocycles. The van der Waals surface area contributed by atoms with Crippen molar-refractivity contribution in [2.75, 3.05) is 0 Å². The van der Waals surface area contributed by atoms with Crippen LogP contribution in [0.5, 0.6) is 0 Å². The lowest BCUT2D eigenvalue weighted by molar-refractivity contribution is 0.424. The lowest BCUT2D eigenvalue weighted by Gasteiger charge is -2.19. The molecule has 1 aromatic carbocycles.